The second-order valence-corrected chi connectivity index (χ2v) is 6.88. The van der Waals surface area contributed by atoms with E-state index in [-0.39, 0.29) is 0 Å². The first-order valence-corrected chi connectivity index (χ1v) is 8.96. The molecule has 4 rings (SSSR count). The molecule has 0 aliphatic heterocycles. The van der Waals surface area contributed by atoms with Crippen molar-refractivity contribution >= 4 is 0 Å². The lowest BCUT2D eigenvalue weighted by atomic mass is 9.96. The molecule has 0 amide bonds. The Morgan fingerprint density at radius 3 is 2.79 bits per heavy atom. The molecule has 1 heterocycles. The number of ether oxygens (including phenoxy) is 2. The fourth-order valence-corrected chi connectivity index (χ4v) is 3.97. The molecule has 0 spiro atoms. The summed E-state index contributed by atoms with van der Waals surface area (Å²) in [6, 6.07) is 8.42. The summed E-state index contributed by atoms with van der Waals surface area (Å²) in [6.07, 6.45) is 8.63. The van der Waals surface area contributed by atoms with Gasteiger partial charge in [0, 0.05) is 5.92 Å². The average molecular weight is 328 g/mol. The molecule has 2 fully saturated rings. The van der Waals surface area contributed by atoms with Gasteiger partial charge in [-0.15, -0.1) is 10.2 Å². The topological polar surface area (TPSA) is 72.9 Å². The number of hydrogen-bond acceptors (Lipinski definition) is 5. The summed E-state index contributed by atoms with van der Waals surface area (Å²) < 4.78 is 11.6. The highest BCUT2D eigenvalue weighted by Crippen LogP contribution is 2.42. The van der Waals surface area contributed by atoms with E-state index < -0.39 is 0 Å². The fourth-order valence-electron chi connectivity index (χ4n) is 3.97. The van der Waals surface area contributed by atoms with Crippen LogP contribution >= 0.6 is 0 Å². The molecule has 0 saturated heterocycles. The normalized spacial score (nSPS) is 24.5. The van der Waals surface area contributed by atoms with Gasteiger partial charge in [0.2, 0.25) is 0 Å². The van der Waals surface area contributed by atoms with Gasteiger partial charge in [-0.2, -0.15) is 5.21 Å². The van der Waals surface area contributed by atoms with Gasteiger partial charge in [-0.05, 0) is 55.7 Å². The Hall–Kier alpha value is -1.95. The third kappa shape index (κ3) is 3.59. The Labute approximate surface area is 141 Å². The summed E-state index contributed by atoms with van der Waals surface area (Å²) in [5.41, 5.74) is 1.33. The van der Waals surface area contributed by atoms with Gasteiger partial charge in [-0.3, -0.25) is 0 Å². The molecule has 2 aliphatic carbocycles. The zero-order chi connectivity index (χ0) is 16.2. The maximum absolute atomic E-state index is 5.81. The number of H-pyrrole nitrogens is 1. The minimum absolute atomic E-state index is 0.351. The molecule has 2 unspecified atom stereocenters. The molecule has 2 aromatic rings. The minimum Gasteiger partial charge on any atom is -0.468 e. The third-order valence-corrected chi connectivity index (χ3v) is 5.32. The van der Waals surface area contributed by atoms with Crippen molar-refractivity contribution in [1.82, 2.24) is 20.6 Å². The van der Waals surface area contributed by atoms with Crippen molar-refractivity contribution in [2.45, 2.75) is 62.9 Å². The van der Waals surface area contributed by atoms with Crippen molar-refractivity contribution in [3.05, 3.63) is 35.7 Å². The molecule has 1 aromatic carbocycles. The Kier molecular flexibility index (Phi) is 4.74. The molecule has 2 aliphatic rings. The Morgan fingerprint density at radius 2 is 1.96 bits per heavy atom. The molecule has 6 heteroatoms. The van der Waals surface area contributed by atoms with Gasteiger partial charge in [0.05, 0.1) is 6.10 Å². The van der Waals surface area contributed by atoms with Crippen molar-refractivity contribution in [1.29, 1.82) is 0 Å². The van der Waals surface area contributed by atoms with Gasteiger partial charge in [-0.1, -0.05) is 30.2 Å². The molecule has 1 N–H and O–H groups in total. The van der Waals surface area contributed by atoms with Gasteiger partial charge in [0.15, 0.2) is 12.6 Å². The number of aromatic nitrogens is 4. The van der Waals surface area contributed by atoms with Gasteiger partial charge in [0.1, 0.15) is 5.75 Å². The van der Waals surface area contributed by atoms with Crippen LogP contribution < -0.4 is 4.74 Å². The number of benzene rings is 1. The number of nitrogens with zero attached hydrogens (tertiary/aromatic N) is 3. The molecule has 0 bridgehead atoms. The van der Waals surface area contributed by atoms with Crippen molar-refractivity contribution < 1.29 is 9.47 Å². The quantitative estimate of drug-likeness (QED) is 0.821. The molecule has 0 radical (unpaired) electrons. The minimum atomic E-state index is 0.351. The van der Waals surface area contributed by atoms with Gasteiger partial charge in [-0.25, -0.2) is 0 Å². The van der Waals surface area contributed by atoms with Crippen LogP contribution in [-0.2, 0) is 4.74 Å². The Bertz CT molecular complexity index is 640. The Balaban J connectivity index is 1.32. The second-order valence-electron chi connectivity index (χ2n) is 6.88. The second kappa shape index (κ2) is 7.30. The lowest BCUT2D eigenvalue weighted by Gasteiger charge is -2.14. The number of rotatable bonds is 6. The van der Waals surface area contributed by atoms with Crippen LogP contribution in [0, 0.1) is 0 Å². The molecule has 128 valence electrons. The summed E-state index contributed by atoms with van der Waals surface area (Å²) >= 11 is 0. The highest BCUT2D eigenvalue weighted by molar-refractivity contribution is 5.31. The van der Waals surface area contributed by atoms with E-state index in [1.165, 1.54) is 31.2 Å². The number of nitrogens with one attached hydrogen (secondary N) is 1. The third-order valence-electron chi connectivity index (χ3n) is 5.32. The van der Waals surface area contributed by atoms with Gasteiger partial charge in [0.25, 0.3) is 0 Å². The van der Waals surface area contributed by atoms with E-state index in [1.807, 2.05) is 6.07 Å². The van der Waals surface area contributed by atoms with Crippen LogP contribution in [0.2, 0.25) is 0 Å². The molecule has 6 nitrogen and oxygen atoms in total. The standard InChI is InChI=1S/C18H24N4O2/c1-2-6-16(5-1)23-12-24-17-7-3-4-13(11-17)14-8-9-15(10-14)18-19-21-22-20-18/h3-4,7,11,14-16H,1-2,5-6,8-10,12H2,(H,19,20,21,22). The fraction of sp³-hybridized carbons (Fsp3) is 0.611. The summed E-state index contributed by atoms with van der Waals surface area (Å²) in [4.78, 5) is 0. The SMILES string of the molecule is c1cc(OCOC2CCCC2)cc(C2CCC(c3nn[nH]n3)C2)c1. The lowest BCUT2D eigenvalue weighted by molar-refractivity contribution is -0.0325. The average Bonchev–Trinajstić information content (AvgIpc) is 3.36. The van der Waals surface area contributed by atoms with E-state index in [0.29, 0.717) is 24.7 Å². The van der Waals surface area contributed by atoms with Crippen LogP contribution in [0.1, 0.15) is 68.2 Å². The van der Waals surface area contributed by atoms with Gasteiger partial charge < -0.3 is 9.47 Å². The maximum atomic E-state index is 5.81. The zero-order valence-electron chi connectivity index (χ0n) is 13.9. The molecular weight excluding hydrogens is 304 g/mol. The number of hydrogen-bond donors (Lipinski definition) is 1. The summed E-state index contributed by atoms with van der Waals surface area (Å²) in [7, 11) is 0. The Morgan fingerprint density at radius 1 is 1.08 bits per heavy atom. The highest BCUT2D eigenvalue weighted by Gasteiger charge is 2.29. The summed E-state index contributed by atoms with van der Waals surface area (Å²) in [5, 5.41) is 14.5. The van der Waals surface area contributed by atoms with E-state index >= 15 is 0 Å². The van der Waals surface area contributed by atoms with Crippen LogP contribution in [0.5, 0.6) is 5.75 Å². The van der Waals surface area contributed by atoms with Crippen LogP contribution in [0.15, 0.2) is 24.3 Å². The first kappa shape index (κ1) is 15.6. The molecule has 2 saturated carbocycles. The smallest absolute Gasteiger partial charge is 0.189 e. The van der Waals surface area contributed by atoms with E-state index in [0.717, 1.165) is 30.8 Å². The van der Waals surface area contributed by atoms with Gasteiger partial charge >= 0.3 is 0 Å². The van der Waals surface area contributed by atoms with Crippen molar-refractivity contribution in [2.75, 3.05) is 6.79 Å². The largest absolute Gasteiger partial charge is 0.468 e. The van der Waals surface area contributed by atoms with Crippen LogP contribution in [-0.4, -0.2) is 33.5 Å². The van der Waals surface area contributed by atoms with E-state index in [9.17, 15) is 0 Å². The number of tetrazole rings is 1. The van der Waals surface area contributed by atoms with E-state index in [4.69, 9.17) is 9.47 Å². The van der Waals surface area contributed by atoms with Crippen molar-refractivity contribution in [3.63, 3.8) is 0 Å². The molecule has 1 aromatic heterocycles. The predicted octanol–water partition coefficient (Wildman–Crippen LogP) is 3.55. The zero-order valence-corrected chi connectivity index (χ0v) is 13.9. The first-order valence-electron chi connectivity index (χ1n) is 8.96. The number of aromatic amines is 1. The molecule has 2 atom stereocenters. The lowest BCUT2D eigenvalue weighted by Crippen LogP contribution is -2.12. The van der Waals surface area contributed by atoms with Crippen LogP contribution in [0.3, 0.4) is 0 Å². The van der Waals surface area contributed by atoms with Crippen molar-refractivity contribution in [2.24, 2.45) is 0 Å². The first-order chi connectivity index (χ1) is 11.9. The summed E-state index contributed by atoms with van der Waals surface area (Å²) in [5.74, 6) is 2.68. The highest BCUT2D eigenvalue weighted by atomic mass is 16.7. The van der Waals surface area contributed by atoms with Crippen molar-refractivity contribution in [3.8, 4) is 5.75 Å². The van der Waals surface area contributed by atoms with E-state index in [1.54, 1.807) is 0 Å². The summed E-state index contributed by atoms with van der Waals surface area (Å²) in [6.45, 7) is 0.351. The molecule has 24 heavy (non-hydrogen) atoms. The monoisotopic (exact) mass is 328 g/mol. The maximum Gasteiger partial charge on any atom is 0.189 e. The van der Waals surface area contributed by atoms with Crippen LogP contribution in [0.4, 0.5) is 0 Å². The predicted molar refractivity (Wildman–Crippen MR) is 88.8 cm³/mol. The van der Waals surface area contributed by atoms with E-state index in [2.05, 4.69) is 38.8 Å². The molecular formula is C18H24N4O2. The van der Waals surface area contributed by atoms with Crippen LogP contribution in [0.25, 0.3) is 0 Å².